The van der Waals surface area contributed by atoms with Crippen LogP contribution in [0.25, 0.3) is 0 Å². The minimum atomic E-state index is 0.225. The zero-order valence-corrected chi connectivity index (χ0v) is 3.61. The summed E-state index contributed by atoms with van der Waals surface area (Å²) in [5.74, 6) is 0. The highest BCUT2D eigenvalue weighted by Gasteiger charge is 1.66. The fraction of sp³-hybridized carbons (Fsp3) is 0.250. The van der Waals surface area contributed by atoms with Gasteiger partial charge in [0.15, 0.2) is 6.47 Å². The molecule has 0 amide bonds. The summed E-state index contributed by atoms with van der Waals surface area (Å²) in [4.78, 5) is 3.14. The lowest BCUT2D eigenvalue weighted by Gasteiger charge is -1.74. The molecule has 34 valence electrons. The molecule has 0 bridgehead atoms. The van der Waals surface area contributed by atoms with Crippen LogP contribution in [0.1, 0.15) is 6.92 Å². The number of hydrogen-bond acceptors (Lipinski definition) is 1. The average molecular weight is 87.1 g/mol. The van der Waals surface area contributed by atoms with E-state index in [4.69, 9.17) is 0 Å². The Morgan fingerprint density at radius 3 is 2.50 bits per heavy atom. The van der Waals surface area contributed by atoms with Crippen molar-refractivity contribution in [2.45, 2.75) is 6.92 Å². The lowest BCUT2D eigenvalue weighted by Crippen LogP contribution is -1.58. The van der Waals surface area contributed by atoms with Gasteiger partial charge in [0, 0.05) is 5.70 Å². The van der Waals surface area contributed by atoms with Crippen molar-refractivity contribution < 1.29 is 4.39 Å². The molecule has 0 N–H and O–H groups in total. The van der Waals surface area contributed by atoms with Crippen LogP contribution in [0.5, 0.6) is 0 Å². The summed E-state index contributed by atoms with van der Waals surface area (Å²) in [6.07, 6.45) is 0. The van der Waals surface area contributed by atoms with Gasteiger partial charge in [0.25, 0.3) is 0 Å². The Balaban J connectivity index is 3.30. The van der Waals surface area contributed by atoms with Crippen molar-refractivity contribution >= 4 is 6.47 Å². The SMILES string of the molecule is C=C(C)N=CF. The summed E-state index contributed by atoms with van der Waals surface area (Å²) in [6.45, 7) is 5.15. The minimum absolute atomic E-state index is 0.225. The number of aliphatic imine (C=N–C) groups is 1. The maximum absolute atomic E-state index is 10.9. The molecule has 0 rings (SSSR count). The van der Waals surface area contributed by atoms with Gasteiger partial charge in [-0.1, -0.05) is 6.58 Å². The lowest BCUT2D eigenvalue weighted by atomic mass is 10.6. The second-order valence-corrected chi connectivity index (χ2v) is 0.962. The Hall–Kier alpha value is -0.660. The molecule has 0 fully saturated rings. The van der Waals surface area contributed by atoms with Crippen molar-refractivity contribution in [1.82, 2.24) is 0 Å². The van der Waals surface area contributed by atoms with Gasteiger partial charge in [-0.25, -0.2) is 4.99 Å². The molecule has 0 saturated heterocycles. The lowest BCUT2D eigenvalue weighted by molar-refractivity contribution is 0.838. The van der Waals surface area contributed by atoms with Crippen molar-refractivity contribution in [2.75, 3.05) is 0 Å². The predicted octanol–water partition coefficient (Wildman–Crippen LogP) is 1.52. The molecular weight excluding hydrogens is 81.0 g/mol. The second kappa shape index (κ2) is 2.57. The van der Waals surface area contributed by atoms with E-state index in [-0.39, 0.29) is 6.47 Å². The molecule has 6 heavy (non-hydrogen) atoms. The number of hydrogen-bond donors (Lipinski definition) is 0. The second-order valence-electron chi connectivity index (χ2n) is 0.962. The van der Waals surface area contributed by atoms with Gasteiger partial charge in [-0.3, -0.25) is 0 Å². The van der Waals surface area contributed by atoms with E-state index in [1.165, 1.54) is 0 Å². The highest BCUT2D eigenvalue weighted by atomic mass is 19.1. The van der Waals surface area contributed by atoms with E-state index in [0.29, 0.717) is 5.70 Å². The summed E-state index contributed by atoms with van der Waals surface area (Å²) in [5.41, 5.74) is 0.484. The standard InChI is InChI=1S/C4H6FN/c1-4(2)6-3-5/h3H,1H2,2H3. The van der Waals surface area contributed by atoms with Gasteiger partial charge in [-0.2, -0.15) is 4.39 Å². The topological polar surface area (TPSA) is 12.4 Å². The molecule has 0 atom stereocenters. The zero-order valence-electron chi connectivity index (χ0n) is 3.61. The Bertz CT molecular complexity index is 75.6. The van der Waals surface area contributed by atoms with Crippen LogP contribution in [0.4, 0.5) is 4.39 Å². The van der Waals surface area contributed by atoms with E-state index >= 15 is 0 Å². The normalized spacial score (nSPS) is 9.67. The molecule has 0 spiro atoms. The Kier molecular flexibility index (Phi) is 2.29. The van der Waals surface area contributed by atoms with E-state index in [0.717, 1.165) is 0 Å². The number of allylic oxidation sites excluding steroid dienone is 1. The van der Waals surface area contributed by atoms with E-state index in [9.17, 15) is 4.39 Å². The van der Waals surface area contributed by atoms with Crippen LogP contribution >= 0.6 is 0 Å². The van der Waals surface area contributed by atoms with Gasteiger partial charge in [-0.05, 0) is 6.92 Å². The Morgan fingerprint density at radius 2 is 2.50 bits per heavy atom. The fourth-order valence-corrected chi connectivity index (χ4v) is 0.0833. The van der Waals surface area contributed by atoms with Crippen LogP contribution in [-0.4, -0.2) is 6.47 Å². The van der Waals surface area contributed by atoms with Crippen molar-refractivity contribution in [3.05, 3.63) is 12.3 Å². The quantitative estimate of drug-likeness (QED) is 0.430. The number of halogens is 1. The number of rotatable bonds is 1. The summed E-state index contributed by atoms with van der Waals surface area (Å²) in [6, 6.07) is 0. The van der Waals surface area contributed by atoms with Crippen LogP contribution in [0, 0.1) is 0 Å². The smallest absolute Gasteiger partial charge is 0.175 e. The predicted molar refractivity (Wildman–Crippen MR) is 24.4 cm³/mol. The van der Waals surface area contributed by atoms with Gasteiger partial charge < -0.3 is 0 Å². The van der Waals surface area contributed by atoms with Crippen LogP contribution in [-0.2, 0) is 0 Å². The van der Waals surface area contributed by atoms with Gasteiger partial charge in [0.05, 0.1) is 0 Å². The maximum atomic E-state index is 10.9. The third kappa shape index (κ3) is 3.34. The first kappa shape index (κ1) is 5.34. The highest BCUT2D eigenvalue weighted by Crippen LogP contribution is 1.83. The van der Waals surface area contributed by atoms with Crippen molar-refractivity contribution in [1.29, 1.82) is 0 Å². The molecular formula is C4H6FN. The van der Waals surface area contributed by atoms with Gasteiger partial charge in [0.1, 0.15) is 0 Å². The first-order chi connectivity index (χ1) is 2.77. The van der Waals surface area contributed by atoms with Gasteiger partial charge >= 0.3 is 0 Å². The van der Waals surface area contributed by atoms with Crippen LogP contribution < -0.4 is 0 Å². The largest absolute Gasteiger partial charge is 0.232 e. The molecule has 0 aromatic rings. The molecule has 0 radical (unpaired) electrons. The molecule has 0 saturated carbocycles. The fourth-order valence-electron chi connectivity index (χ4n) is 0.0833. The van der Waals surface area contributed by atoms with Crippen LogP contribution in [0.15, 0.2) is 17.3 Å². The molecule has 0 aliphatic carbocycles. The monoisotopic (exact) mass is 87.0 g/mol. The van der Waals surface area contributed by atoms with E-state index in [1.807, 2.05) is 0 Å². The Morgan fingerprint density at radius 1 is 2.00 bits per heavy atom. The summed E-state index contributed by atoms with van der Waals surface area (Å²) >= 11 is 0. The van der Waals surface area contributed by atoms with Crippen molar-refractivity contribution in [3.63, 3.8) is 0 Å². The first-order valence-corrected chi connectivity index (χ1v) is 1.55. The summed E-state index contributed by atoms with van der Waals surface area (Å²) in [5, 5.41) is 0. The third-order valence-electron chi connectivity index (χ3n) is 0.269. The number of nitrogens with zero attached hydrogens (tertiary/aromatic N) is 1. The molecule has 0 aliphatic heterocycles. The summed E-state index contributed by atoms with van der Waals surface area (Å²) < 4.78 is 10.9. The highest BCUT2D eigenvalue weighted by molar-refractivity contribution is 5.46. The molecule has 0 unspecified atom stereocenters. The van der Waals surface area contributed by atoms with Gasteiger partial charge in [0.2, 0.25) is 0 Å². The molecule has 2 heteroatoms. The third-order valence-corrected chi connectivity index (χ3v) is 0.269. The van der Waals surface area contributed by atoms with Crippen LogP contribution in [0.3, 0.4) is 0 Å². The molecule has 0 heterocycles. The maximum Gasteiger partial charge on any atom is 0.175 e. The first-order valence-electron chi connectivity index (χ1n) is 1.55. The van der Waals surface area contributed by atoms with Gasteiger partial charge in [-0.15, -0.1) is 0 Å². The molecule has 1 nitrogen and oxygen atoms in total. The zero-order chi connectivity index (χ0) is 4.99. The Labute approximate surface area is 36.2 Å². The van der Waals surface area contributed by atoms with Crippen molar-refractivity contribution in [2.24, 2.45) is 4.99 Å². The van der Waals surface area contributed by atoms with Crippen molar-refractivity contribution in [3.8, 4) is 0 Å². The molecule has 0 aromatic carbocycles. The average Bonchev–Trinajstić information content (AvgIpc) is 1.35. The summed E-state index contributed by atoms with van der Waals surface area (Å²) in [7, 11) is 0. The van der Waals surface area contributed by atoms with E-state index in [2.05, 4.69) is 11.6 Å². The van der Waals surface area contributed by atoms with E-state index in [1.54, 1.807) is 6.92 Å². The molecule has 0 aromatic heterocycles. The van der Waals surface area contributed by atoms with Crippen LogP contribution in [0.2, 0.25) is 0 Å². The minimum Gasteiger partial charge on any atom is -0.232 e. The van der Waals surface area contributed by atoms with E-state index < -0.39 is 0 Å². The molecule has 0 aliphatic rings.